The average molecular weight is 363 g/mol. The fourth-order valence-electron chi connectivity index (χ4n) is 2.80. The molecule has 0 aliphatic heterocycles. The van der Waals surface area contributed by atoms with Crippen molar-refractivity contribution in [2.45, 2.75) is 6.92 Å². The number of benzene rings is 3. The Morgan fingerprint density at radius 1 is 0.852 bits per heavy atom. The number of carboxylic acid groups (broad SMARTS) is 2. The Morgan fingerprint density at radius 2 is 1.52 bits per heavy atom. The Balaban J connectivity index is 2.21. The first kappa shape index (κ1) is 18.0. The predicted octanol–water partition coefficient (Wildman–Crippen LogP) is 4.43. The van der Waals surface area contributed by atoms with E-state index in [9.17, 15) is 19.8 Å². The summed E-state index contributed by atoms with van der Waals surface area (Å²) in [6.45, 7) is 1.61. The number of para-hydroxylation sites is 1. The highest BCUT2D eigenvalue weighted by atomic mass is 16.5. The van der Waals surface area contributed by atoms with Crippen LogP contribution < -0.4 is 10.5 Å². The van der Waals surface area contributed by atoms with Crippen molar-refractivity contribution >= 4 is 17.6 Å². The number of rotatable bonds is 5. The van der Waals surface area contributed by atoms with Gasteiger partial charge in [0.05, 0.1) is 11.1 Å². The minimum absolute atomic E-state index is 0.0643. The van der Waals surface area contributed by atoms with Crippen LogP contribution >= 0.6 is 0 Å². The molecule has 0 unspecified atom stereocenters. The van der Waals surface area contributed by atoms with Crippen LogP contribution in [0.4, 0.5) is 5.69 Å². The van der Waals surface area contributed by atoms with E-state index in [1.54, 1.807) is 37.3 Å². The Kier molecular flexibility index (Phi) is 4.81. The molecule has 3 aromatic rings. The SMILES string of the molecule is Cc1cc(-c2cc(N)ccc2Oc2ccccc2)c(C(=O)O)cc1C(=O)O. The van der Waals surface area contributed by atoms with Gasteiger partial charge >= 0.3 is 11.9 Å². The molecule has 0 aromatic heterocycles. The van der Waals surface area contributed by atoms with E-state index in [4.69, 9.17) is 10.5 Å². The van der Waals surface area contributed by atoms with Gasteiger partial charge in [-0.1, -0.05) is 18.2 Å². The van der Waals surface area contributed by atoms with Gasteiger partial charge < -0.3 is 20.7 Å². The molecule has 0 fully saturated rings. The van der Waals surface area contributed by atoms with Crippen LogP contribution in [0.2, 0.25) is 0 Å². The Bertz CT molecular complexity index is 1030. The highest BCUT2D eigenvalue weighted by Gasteiger charge is 2.20. The van der Waals surface area contributed by atoms with E-state index < -0.39 is 11.9 Å². The Morgan fingerprint density at radius 3 is 2.15 bits per heavy atom. The van der Waals surface area contributed by atoms with Gasteiger partial charge in [-0.05, 0) is 55.0 Å². The number of carboxylic acids is 2. The van der Waals surface area contributed by atoms with Gasteiger partial charge in [-0.2, -0.15) is 0 Å². The molecule has 27 heavy (non-hydrogen) atoms. The molecule has 0 heterocycles. The maximum Gasteiger partial charge on any atom is 0.336 e. The third kappa shape index (κ3) is 3.74. The van der Waals surface area contributed by atoms with E-state index in [0.717, 1.165) is 6.07 Å². The second-order valence-electron chi connectivity index (χ2n) is 5.99. The molecule has 0 atom stereocenters. The predicted molar refractivity (Wildman–Crippen MR) is 101 cm³/mol. The number of ether oxygens (including phenoxy) is 1. The second kappa shape index (κ2) is 7.21. The maximum atomic E-state index is 11.8. The molecule has 4 N–H and O–H groups in total. The maximum absolute atomic E-state index is 11.8. The fourth-order valence-corrected chi connectivity index (χ4v) is 2.80. The zero-order valence-electron chi connectivity index (χ0n) is 14.5. The lowest BCUT2D eigenvalue weighted by Gasteiger charge is -2.15. The van der Waals surface area contributed by atoms with Gasteiger partial charge in [0, 0.05) is 16.8 Å². The lowest BCUT2D eigenvalue weighted by molar-refractivity contribution is 0.0695. The molecule has 6 heteroatoms. The van der Waals surface area contributed by atoms with Crippen LogP contribution in [0.1, 0.15) is 26.3 Å². The third-order valence-electron chi connectivity index (χ3n) is 4.09. The summed E-state index contributed by atoms with van der Waals surface area (Å²) in [5, 5.41) is 18.9. The van der Waals surface area contributed by atoms with E-state index in [1.165, 1.54) is 6.07 Å². The molecule has 0 spiro atoms. The number of anilines is 1. The van der Waals surface area contributed by atoms with Gasteiger partial charge in [0.25, 0.3) is 0 Å². The second-order valence-corrected chi connectivity index (χ2v) is 5.99. The number of nitrogen functional groups attached to an aromatic ring is 1. The van der Waals surface area contributed by atoms with Crippen LogP contribution in [0.15, 0.2) is 60.7 Å². The smallest absolute Gasteiger partial charge is 0.336 e. The molecular formula is C21H17NO5. The molecule has 0 aliphatic carbocycles. The van der Waals surface area contributed by atoms with E-state index in [0.29, 0.717) is 33.9 Å². The zero-order valence-corrected chi connectivity index (χ0v) is 14.5. The van der Waals surface area contributed by atoms with Gasteiger partial charge in [-0.3, -0.25) is 0 Å². The summed E-state index contributed by atoms with van der Waals surface area (Å²) in [7, 11) is 0. The highest BCUT2D eigenvalue weighted by molar-refractivity contribution is 6.01. The summed E-state index contributed by atoms with van der Waals surface area (Å²) < 4.78 is 5.91. The first-order valence-corrected chi connectivity index (χ1v) is 8.11. The molecule has 6 nitrogen and oxygen atoms in total. The summed E-state index contributed by atoms with van der Waals surface area (Å²) in [5.74, 6) is -1.42. The van der Waals surface area contributed by atoms with Crippen LogP contribution in [0.25, 0.3) is 11.1 Å². The quantitative estimate of drug-likeness (QED) is 0.578. The minimum atomic E-state index is -1.24. The van der Waals surface area contributed by atoms with E-state index >= 15 is 0 Å². The van der Waals surface area contributed by atoms with Crippen molar-refractivity contribution in [3.8, 4) is 22.6 Å². The average Bonchev–Trinajstić information content (AvgIpc) is 2.63. The number of aryl methyl sites for hydroxylation is 1. The van der Waals surface area contributed by atoms with Crippen LogP contribution in [0, 0.1) is 6.92 Å². The topological polar surface area (TPSA) is 110 Å². The molecular weight excluding hydrogens is 346 g/mol. The van der Waals surface area contributed by atoms with Crippen molar-refractivity contribution in [1.82, 2.24) is 0 Å². The van der Waals surface area contributed by atoms with Crippen molar-refractivity contribution in [1.29, 1.82) is 0 Å². The molecule has 0 saturated carbocycles. The van der Waals surface area contributed by atoms with Crippen LogP contribution in [-0.2, 0) is 0 Å². The summed E-state index contributed by atoms with van der Waals surface area (Å²) >= 11 is 0. The van der Waals surface area contributed by atoms with Crippen molar-refractivity contribution in [3.05, 3.63) is 77.4 Å². The van der Waals surface area contributed by atoms with Gasteiger partial charge in [-0.25, -0.2) is 9.59 Å². The van der Waals surface area contributed by atoms with Gasteiger partial charge in [-0.15, -0.1) is 0 Å². The van der Waals surface area contributed by atoms with Gasteiger partial charge in [0.2, 0.25) is 0 Å². The summed E-state index contributed by atoms with van der Waals surface area (Å²) in [4.78, 5) is 23.1. The molecule has 0 bridgehead atoms. The van der Waals surface area contributed by atoms with E-state index in [2.05, 4.69) is 0 Å². The Hall–Kier alpha value is -3.80. The van der Waals surface area contributed by atoms with Crippen LogP contribution in [0.5, 0.6) is 11.5 Å². The monoisotopic (exact) mass is 363 g/mol. The first-order chi connectivity index (χ1) is 12.9. The summed E-state index contributed by atoms with van der Waals surface area (Å²) in [5.41, 5.74) is 7.38. The summed E-state index contributed by atoms with van der Waals surface area (Å²) in [6, 6.07) is 16.7. The lowest BCUT2D eigenvalue weighted by atomic mass is 9.93. The van der Waals surface area contributed by atoms with Crippen molar-refractivity contribution in [3.63, 3.8) is 0 Å². The molecule has 0 aliphatic rings. The van der Waals surface area contributed by atoms with Crippen molar-refractivity contribution < 1.29 is 24.5 Å². The van der Waals surface area contributed by atoms with E-state index in [1.807, 2.05) is 18.2 Å². The minimum Gasteiger partial charge on any atom is -0.478 e. The van der Waals surface area contributed by atoms with Crippen LogP contribution in [0.3, 0.4) is 0 Å². The molecule has 0 saturated heterocycles. The standard InChI is InChI=1S/C21H17NO5/c1-12-9-16(18(21(25)26)11-15(12)20(23)24)17-10-13(22)7-8-19(17)27-14-5-3-2-4-6-14/h2-11H,22H2,1H3,(H,23,24)(H,25,26). The number of carbonyl (C=O) groups is 2. The first-order valence-electron chi connectivity index (χ1n) is 8.11. The number of hydrogen-bond acceptors (Lipinski definition) is 4. The molecule has 3 aromatic carbocycles. The van der Waals surface area contributed by atoms with Crippen molar-refractivity contribution in [2.24, 2.45) is 0 Å². The third-order valence-corrected chi connectivity index (χ3v) is 4.09. The molecule has 3 rings (SSSR count). The highest BCUT2D eigenvalue weighted by Crippen LogP contribution is 2.38. The van der Waals surface area contributed by atoms with Gasteiger partial charge in [0.15, 0.2) is 0 Å². The lowest BCUT2D eigenvalue weighted by Crippen LogP contribution is -2.07. The fraction of sp³-hybridized carbons (Fsp3) is 0.0476. The Labute approximate surface area is 155 Å². The van der Waals surface area contributed by atoms with Crippen molar-refractivity contribution in [2.75, 3.05) is 5.73 Å². The zero-order chi connectivity index (χ0) is 19.6. The normalized spacial score (nSPS) is 10.4. The number of hydrogen-bond donors (Lipinski definition) is 3. The molecule has 0 radical (unpaired) electrons. The summed E-state index contributed by atoms with van der Waals surface area (Å²) in [6.07, 6.45) is 0. The largest absolute Gasteiger partial charge is 0.478 e. The number of aromatic carboxylic acids is 2. The van der Waals surface area contributed by atoms with Gasteiger partial charge in [0.1, 0.15) is 11.5 Å². The molecule has 0 amide bonds. The number of nitrogens with two attached hydrogens (primary N) is 1. The van der Waals surface area contributed by atoms with Crippen LogP contribution in [-0.4, -0.2) is 22.2 Å². The molecule has 136 valence electrons. The van der Waals surface area contributed by atoms with E-state index in [-0.39, 0.29) is 11.1 Å².